The fraction of sp³-hybridized carbons (Fsp3) is 0.538. The van der Waals surface area contributed by atoms with Crippen LogP contribution in [0.3, 0.4) is 0 Å². The van der Waals surface area contributed by atoms with Crippen LogP contribution in [0.1, 0.15) is 18.4 Å². The Bertz CT molecular complexity index is 299. The third-order valence-corrected chi connectivity index (χ3v) is 3.30. The van der Waals surface area contributed by atoms with Crippen LogP contribution >= 0.6 is 0 Å². The minimum atomic E-state index is 0.363. The van der Waals surface area contributed by atoms with Gasteiger partial charge in [-0.2, -0.15) is 0 Å². The van der Waals surface area contributed by atoms with E-state index >= 15 is 0 Å². The van der Waals surface area contributed by atoms with Crippen molar-refractivity contribution in [2.24, 2.45) is 5.92 Å². The molecule has 1 aromatic rings. The number of aromatic hydroxyl groups is 1. The first-order valence-corrected chi connectivity index (χ1v) is 5.70. The summed E-state index contributed by atoms with van der Waals surface area (Å²) in [6, 6.07) is 7.63. The number of likely N-dealkylation sites (tertiary alicyclic amines) is 1. The van der Waals surface area contributed by atoms with Crippen LogP contribution in [0.15, 0.2) is 24.3 Å². The number of rotatable bonds is 2. The molecule has 2 nitrogen and oxygen atoms in total. The highest BCUT2D eigenvalue weighted by molar-refractivity contribution is 5.26. The summed E-state index contributed by atoms with van der Waals surface area (Å²) < 4.78 is 0. The molecule has 0 aromatic heterocycles. The molecule has 0 spiro atoms. The Labute approximate surface area is 91.5 Å². The van der Waals surface area contributed by atoms with E-state index in [-0.39, 0.29) is 0 Å². The molecular formula is C13H19NO. The smallest absolute Gasteiger partial charge is 0.115 e. The van der Waals surface area contributed by atoms with Gasteiger partial charge < -0.3 is 10.0 Å². The van der Waals surface area contributed by atoms with Crippen LogP contribution in [0.2, 0.25) is 0 Å². The summed E-state index contributed by atoms with van der Waals surface area (Å²) in [5, 5.41) is 9.19. The summed E-state index contributed by atoms with van der Waals surface area (Å²) in [5.41, 5.74) is 1.35. The van der Waals surface area contributed by atoms with E-state index in [9.17, 15) is 5.11 Å². The monoisotopic (exact) mass is 205 g/mol. The Morgan fingerprint density at radius 3 is 2.40 bits per heavy atom. The van der Waals surface area contributed by atoms with Crippen molar-refractivity contribution in [2.75, 3.05) is 20.1 Å². The van der Waals surface area contributed by atoms with E-state index in [0.717, 1.165) is 12.3 Å². The molecule has 2 heteroatoms. The van der Waals surface area contributed by atoms with E-state index in [1.54, 1.807) is 12.1 Å². The number of phenolic OH excluding ortho intramolecular Hbond substituents is 1. The van der Waals surface area contributed by atoms with Gasteiger partial charge in [0, 0.05) is 0 Å². The van der Waals surface area contributed by atoms with Crippen LogP contribution in [0.25, 0.3) is 0 Å². The summed E-state index contributed by atoms with van der Waals surface area (Å²) >= 11 is 0. The Balaban J connectivity index is 1.89. The van der Waals surface area contributed by atoms with E-state index in [1.165, 1.54) is 31.5 Å². The van der Waals surface area contributed by atoms with E-state index in [4.69, 9.17) is 0 Å². The molecule has 0 amide bonds. The molecule has 0 saturated carbocycles. The van der Waals surface area contributed by atoms with Gasteiger partial charge in [0.1, 0.15) is 5.75 Å². The molecule has 2 rings (SSSR count). The molecule has 1 aliphatic heterocycles. The summed E-state index contributed by atoms with van der Waals surface area (Å²) in [6.45, 7) is 2.45. The fourth-order valence-corrected chi connectivity index (χ4v) is 2.23. The predicted molar refractivity (Wildman–Crippen MR) is 62.0 cm³/mol. The van der Waals surface area contributed by atoms with E-state index in [1.807, 2.05) is 12.1 Å². The number of phenols is 1. The summed E-state index contributed by atoms with van der Waals surface area (Å²) in [5.74, 6) is 1.19. The van der Waals surface area contributed by atoms with Crippen molar-refractivity contribution in [1.29, 1.82) is 0 Å². The lowest BCUT2D eigenvalue weighted by atomic mass is 9.90. The zero-order chi connectivity index (χ0) is 10.7. The maximum absolute atomic E-state index is 9.19. The molecular weight excluding hydrogens is 186 g/mol. The lowest BCUT2D eigenvalue weighted by molar-refractivity contribution is 0.219. The highest BCUT2D eigenvalue weighted by Gasteiger charge is 2.16. The molecule has 15 heavy (non-hydrogen) atoms. The van der Waals surface area contributed by atoms with Crippen molar-refractivity contribution in [3.63, 3.8) is 0 Å². The largest absolute Gasteiger partial charge is 0.508 e. The zero-order valence-electron chi connectivity index (χ0n) is 9.32. The standard InChI is InChI=1S/C13H19NO/c1-14-8-6-12(7-9-14)10-11-2-4-13(15)5-3-11/h2-5,12,15H,6-10H2,1H3. The maximum Gasteiger partial charge on any atom is 0.115 e. The average molecular weight is 205 g/mol. The molecule has 1 aliphatic rings. The van der Waals surface area contributed by atoms with Crippen LogP contribution in [0.4, 0.5) is 0 Å². The van der Waals surface area contributed by atoms with E-state index in [2.05, 4.69) is 11.9 Å². The molecule has 0 atom stereocenters. The average Bonchev–Trinajstić information content (AvgIpc) is 2.25. The van der Waals surface area contributed by atoms with Crippen LogP contribution in [-0.2, 0) is 6.42 Å². The van der Waals surface area contributed by atoms with Gasteiger partial charge >= 0.3 is 0 Å². The molecule has 0 aliphatic carbocycles. The first-order valence-electron chi connectivity index (χ1n) is 5.70. The van der Waals surface area contributed by atoms with Crippen LogP contribution in [0, 0.1) is 5.92 Å². The normalized spacial score (nSPS) is 19.3. The van der Waals surface area contributed by atoms with Gasteiger partial charge in [-0.1, -0.05) is 12.1 Å². The molecule has 1 heterocycles. The van der Waals surface area contributed by atoms with Crippen molar-refractivity contribution in [3.05, 3.63) is 29.8 Å². The Morgan fingerprint density at radius 2 is 1.80 bits per heavy atom. The second-order valence-electron chi connectivity index (χ2n) is 4.62. The van der Waals surface area contributed by atoms with Crippen molar-refractivity contribution >= 4 is 0 Å². The molecule has 0 bridgehead atoms. The first kappa shape index (κ1) is 10.5. The fourth-order valence-electron chi connectivity index (χ4n) is 2.23. The second-order valence-corrected chi connectivity index (χ2v) is 4.62. The van der Waals surface area contributed by atoms with Crippen molar-refractivity contribution in [2.45, 2.75) is 19.3 Å². The highest BCUT2D eigenvalue weighted by Crippen LogP contribution is 2.21. The van der Waals surface area contributed by atoms with Gasteiger partial charge in [-0.05, 0) is 63.0 Å². The van der Waals surface area contributed by atoms with Gasteiger partial charge in [-0.25, -0.2) is 0 Å². The molecule has 1 aromatic carbocycles. The SMILES string of the molecule is CN1CCC(Cc2ccc(O)cc2)CC1. The molecule has 0 unspecified atom stereocenters. The third-order valence-electron chi connectivity index (χ3n) is 3.30. The van der Waals surface area contributed by atoms with Crippen molar-refractivity contribution in [3.8, 4) is 5.75 Å². The van der Waals surface area contributed by atoms with Crippen LogP contribution in [-0.4, -0.2) is 30.1 Å². The number of hydrogen-bond acceptors (Lipinski definition) is 2. The lowest BCUT2D eigenvalue weighted by Gasteiger charge is -2.28. The van der Waals surface area contributed by atoms with E-state index in [0.29, 0.717) is 5.75 Å². The third kappa shape index (κ3) is 2.96. The predicted octanol–water partition coefficient (Wildman–Crippen LogP) is 2.28. The summed E-state index contributed by atoms with van der Waals surface area (Å²) in [7, 11) is 2.19. The first-order chi connectivity index (χ1) is 7.24. The number of hydrogen-bond donors (Lipinski definition) is 1. The van der Waals surface area contributed by atoms with Gasteiger partial charge in [0.2, 0.25) is 0 Å². The number of benzene rings is 1. The van der Waals surface area contributed by atoms with Crippen LogP contribution < -0.4 is 0 Å². The second kappa shape index (κ2) is 4.67. The minimum absolute atomic E-state index is 0.363. The highest BCUT2D eigenvalue weighted by atomic mass is 16.3. The number of piperidine rings is 1. The zero-order valence-corrected chi connectivity index (χ0v) is 9.32. The minimum Gasteiger partial charge on any atom is -0.508 e. The quantitative estimate of drug-likeness (QED) is 0.800. The topological polar surface area (TPSA) is 23.5 Å². The molecule has 0 radical (unpaired) electrons. The van der Waals surface area contributed by atoms with Gasteiger partial charge in [0.25, 0.3) is 0 Å². The Morgan fingerprint density at radius 1 is 1.20 bits per heavy atom. The summed E-state index contributed by atoms with van der Waals surface area (Å²) in [6.07, 6.45) is 3.77. The van der Waals surface area contributed by atoms with E-state index < -0.39 is 0 Å². The molecule has 1 N–H and O–H groups in total. The van der Waals surface area contributed by atoms with Gasteiger partial charge in [0.05, 0.1) is 0 Å². The molecule has 1 saturated heterocycles. The molecule has 82 valence electrons. The maximum atomic E-state index is 9.19. The van der Waals surface area contributed by atoms with Crippen molar-refractivity contribution in [1.82, 2.24) is 4.90 Å². The molecule has 1 fully saturated rings. The van der Waals surface area contributed by atoms with Gasteiger partial charge in [0.15, 0.2) is 0 Å². The van der Waals surface area contributed by atoms with Crippen LogP contribution in [0.5, 0.6) is 5.75 Å². The Hall–Kier alpha value is -1.02. The number of nitrogens with zero attached hydrogens (tertiary/aromatic N) is 1. The van der Waals surface area contributed by atoms with Gasteiger partial charge in [-0.3, -0.25) is 0 Å². The summed E-state index contributed by atoms with van der Waals surface area (Å²) in [4.78, 5) is 2.40. The Kier molecular flexibility index (Phi) is 3.27. The lowest BCUT2D eigenvalue weighted by Crippen LogP contribution is -2.30. The van der Waals surface area contributed by atoms with Crippen molar-refractivity contribution < 1.29 is 5.11 Å². The van der Waals surface area contributed by atoms with Gasteiger partial charge in [-0.15, -0.1) is 0 Å².